The molecule has 2 aromatic heterocycles. The fraction of sp³-hybridized carbons (Fsp3) is 0.400. The molecule has 1 aromatic carbocycles. The molecule has 0 spiro atoms. The van der Waals surface area contributed by atoms with Crippen molar-refractivity contribution in [1.29, 1.82) is 0 Å². The second-order valence-corrected chi connectivity index (χ2v) is 9.40. The summed E-state index contributed by atoms with van der Waals surface area (Å²) >= 11 is 1.53. The molecule has 1 fully saturated rings. The predicted molar refractivity (Wildman–Crippen MR) is 126 cm³/mol. The molecule has 0 radical (unpaired) electrons. The molecule has 1 atom stereocenters. The van der Waals surface area contributed by atoms with Crippen molar-refractivity contribution < 1.29 is 18.7 Å². The minimum absolute atomic E-state index is 0.0590. The third-order valence-electron chi connectivity index (χ3n) is 6.26. The van der Waals surface area contributed by atoms with Crippen molar-refractivity contribution in [3.05, 3.63) is 57.1 Å². The highest BCUT2D eigenvalue weighted by atomic mass is 32.1. The summed E-state index contributed by atoms with van der Waals surface area (Å²) in [4.78, 5) is 30.8. The molecule has 3 heterocycles. The molecule has 33 heavy (non-hydrogen) atoms. The Kier molecular flexibility index (Phi) is 6.28. The van der Waals surface area contributed by atoms with Gasteiger partial charge in [-0.25, -0.2) is 4.98 Å². The number of nitrogens with one attached hydrogen (secondary N) is 2. The molecular weight excluding hydrogens is 438 g/mol. The molecular formula is C25H27N3O4S. The van der Waals surface area contributed by atoms with E-state index >= 15 is 0 Å². The van der Waals surface area contributed by atoms with E-state index in [9.17, 15) is 9.59 Å². The van der Waals surface area contributed by atoms with E-state index < -0.39 is 6.10 Å². The fourth-order valence-corrected chi connectivity index (χ4v) is 5.51. The number of aryl methyl sites for hydroxylation is 2. The normalized spacial score (nSPS) is 17.5. The Balaban J connectivity index is 1.30. The lowest BCUT2D eigenvalue weighted by Gasteiger charge is -2.12. The number of oxazole rings is 1. The number of nitrogens with zero attached hydrogens (tertiary/aromatic N) is 1. The maximum absolute atomic E-state index is 12.8. The molecule has 3 aromatic rings. The van der Waals surface area contributed by atoms with Crippen LogP contribution in [0.2, 0.25) is 0 Å². The van der Waals surface area contributed by atoms with Crippen molar-refractivity contribution in [2.75, 3.05) is 11.9 Å². The number of hydrogen-bond donors (Lipinski definition) is 2. The Morgan fingerprint density at radius 2 is 2.03 bits per heavy atom. The molecule has 172 valence electrons. The van der Waals surface area contributed by atoms with Gasteiger partial charge in [-0.15, -0.1) is 11.3 Å². The third-order valence-corrected chi connectivity index (χ3v) is 7.33. The standard InChI is InChI=1S/C25H27N3O4S/c1-15-20(13-26-24(30)22-17-8-3-2-7-16(17)14-33-22)28-25(32-15)18-9-4-5-10-19(18)27-23(29)21-11-6-12-31-21/h4-5,9-10,14,21H,2-3,6-8,11-13H2,1H3,(H,26,30)(H,27,29)/t21-/m1/s1. The van der Waals surface area contributed by atoms with Crippen molar-refractivity contribution in [3.8, 4) is 11.5 Å². The van der Waals surface area contributed by atoms with Gasteiger partial charge in [0.25, 0.3) is 11.8 Å². The number of carbonyl (C=O) groups excluding carboxylic acids is 2. The van der Waals surface area contributed by atoms with E-state index in [0.717, 1.165) is 37.0 Å². The molecule has 2 amide bonds. The van der Waals surface area contributed by atoms with Gasteiger partial charge in [-0.05, 0) is 74.1 Å². The van der Waals surface area contributed by atoms with E-state index in [2.05, 4.69) is 21.0 Å². The van der Waals surface area contributed by atoms with Crippen LogP contribution in [0.5, 0.6) is 0 Å². The Morgan fingerprint density at radius 1 is 1.18 bits per heavy atom. The Labute approximate surface area is 196 Å². The molecule has 8 heteroatoms. The van der Waals surface area contributed by atoms with Gasteiger partial charge < -0.3 is 19.8 Å². The summed E-state index contributed by atoms with van der Waals surface area (Å²) in [6.45, 7) is 2.73. The lowest BCUT2D eigenvalue weighted by molar-refractivity contribution is -0.124. The number of hydrogen-bond acceptors (Lipinski definition) is 6. The number of fused-ring (bicyclic) bond motifs is 1. The highest BCUT2D eigenvalue weighted by molar-refractivity contribution is 7.12. The summed E-state index contributed by atoms with van der Waals surface area (Å²) in [5.41, 5.74) is 4.51. The van der Waals surface area contributed by atoms with E-state index in [0.29, 0.717) is 35.2 Å². The first kappa shape index (κ1) is 21.9. The number of ether oxygens (including phenoxy) is 1. The average Bonchev–Trinajstić information content (AvgIpc) is 3.58. The van der Waals surface area contributed by atoms with Crippen LogP contribution in [0.4, 0.5) is 5.69 Å². The van der Waals surface area contributed by atoms with E-state index in [1.54, 1.807) is 0 Å². The van der Waals surface area contributed by atoms with Gasteiger partial charge in [-0.1, -0.05) is 12.1 Å². The molecule has 0 unspecified atom stereocenters. The van der Waals surface area contributed by atoms with E-state index in [-0.39, 0.29) is 18.4 Å². The van der Waals surface area contributed by atoms with E-state index in [1.807, 2.05) is 31.2 Å². The number of anilines is 1. The second kappa shape index (κ2) is 9.49. The summed E-state index contributed by atoms with van der Waals surface area (Å²) in [5.74, 6) is 0.832. The minimum atomic E-state index is -0.418. The number of aromatic nitrogens is 1. The first-order chi connectivity index (χ1) is 16.1. The van der Waals surface area contributed by atoms with Gasteiger partial charge in [-0.2, -0.15) is 0 Å². The number of carbonyl (C=O) groups is 2. The van der Waals surface area contributed by atoms with Crippen molar-refractivity contribution >= 4 is 28.8 Å². The quantitative estimate of drug-likeness (QED) is 0.553. The van der Waals surface area contributed by atoms with Crippen LogP contribution < -0.4 is 10.6 Å². The first-order valence-corrected chi connectivity index (χ1v) is 12.3. The van der Waals surface area contributed by atoms with Crippen molar-refractivity contribution in [1.82, 2.24) is 10.3 Å². The van der Waals surface area contributed by atoms with Crippen molar-refractivity contribution in [2.45, 2.75) is 58.1 Å². The maximum Gasteiger partial charge on any atom is 0.261 e. The van der Waals surface area contributed by atoms with Crippen LogP contribution in [0, 0.1) is 6.92 Å². The fourth-order valence-electron chi connectivity index (χ4n) is 4.44. The molecule has 5 rings (SSSR count). The van der Waals surface area contributed by atoms with Gasteiger partial charge in [0.05, 0.1) is 22.7 Å². The Hall–Kier alpha value is -2.97. The molecule has 2 N–H and O–H groups in total. The molecule has 1 aliphatic heterocycles. The SMILES string of the molecule is Cc1oc(-c2ccccc2NC(=O)[C@H]2CCCO2)nc1CNC(=O)c1scc2c1CCCC2. The third kappa shape index (κ3) is 4.58. The van der Waals surface area contributed by atoms with E-state index in [1.165, 1.54) is 28.9 Å². The number of para-hydroxylation sites is 1. The largest absolute Gasteiger partial charge is 0.441 e. The highest BCUT2D eigenvalue weighted by Crippen LogP contribution is 2.31. The predicted octanol–water partition coefficient (Wildman–Crippen LogP) is 4.64. The van der Waals surface area contributed by atoms with Crippen LogP contribution in [0.1, 0.15) is 57.9 Å². The van der Waals surface area contributed by atoms with Crippen LogP contribution in [0.15, 0.2) is 34.1 Å². The highest BCUT2D eigenvalue weighted by Gasteiger charge is 2.25. The van der Waals surface area contributed by atoms with E-state index in [4.69, 9.17) is 9.15 Å². The maximum atomic E-state index is 12.8. The van der Waals surface area contributed by atoms with Crippen molar-refractivity contribution in [2.24, 2.45) is 0 Å². The zero-order valence-corrected chi connectivity index (χ0v) is 19.4. The summed E-state index contributed by atoms with van der Waals surface area (Å²) in [7, 11) is 0. The van der Waals surface area contributed by atoms with Crippen LogP contribution in [-0.2, 0) is 28.9 Å². The molecule has 0 saturated carbocycles. The monoisotopic (exact) mass is 465 g/mol. The molecule has 7 nitrogen and oxygen atoms in total. The van der Waals surface area contributed by atoms with Crippen LogP contribution >= 0.6 is 11.3 Å². The summed E-state index contributed by atoms with van der Waals surface area (Å²) in [5, 5.41) is 8.06. The summed E-state index contributed by atoms with van der Waals surface area (Å²) in [6, 6.07) is 7.41. The minimum Gasteiger partial charge on any atom is -0.441 e. The topological polar surface area (TPSA) is 93.5 Å². The van der Waals surface area contributed by atoms with Gasteiger partial charge in [0.15, 0.2) is 0 Å². The number of rotatable bonds is 6. The Bertz CT molecular complexity index is 1180. The van der Waals surface area contributed by atoms with Gasteiger partial charge >= 0.3 is 0 Å². The van der Waals surface area contributed by atoms with Gasteiger partial charge in [0.1, 0.15) is 17.6 Å². The van der Waals surface area contributed by atoms with Crippen LogP contribution in [-0.4, -0.2) is 29.5 Å². The molecule has 1 aliphatic carbocycles. The lowest BCUT2D eigenvalue weighted by atomic mass is 9.94. The smallest absolute Gasteiger partial charge is 0.261 e. The number of thiophene rings is 1. The summed E-state index contributed by atoms with van der Waals surface area (Å²) < 4.78 is 11.4. The van der Waals surface area contributed by atoms with Crippen LogP contribution in [0.25, 0.3) is 11.5 Å². The number of amides is 2. The zero-order valence-electron chi connectivity index (χ0n) is 18.6. The number of benzene rings is 1. The second-order valence-electron chi connectivity index (χ2n) is 8.52. The average molecular weight is 466 g/mol. The molecule has 2 aliphatic rings. The zero-order chi connectivity index (χ0) is 22.8. The van der Waals surface area contributed by atoms with Gasteiger partial charge in [0.2, 0.25) is 5.89 Å². The van der Waals surface area contributed by atoms with Gasteiger partial charge in [-0.3, -0.25) is 9.59 Å². The van der Waals surface area contributed by atoms with Crippen molar-refractivity contribution in [3.63, 3.8) is 0 Å². The van der Waals surface area contributed by atoms with Gasteiger partial charge in [0, 0.05) is 6.61 Å². The molecule has 0 bridgehead atoms. The van der Waals surface area contributed by atoms with Crippen LogP contribution in [0.3, 0.4) is 0 Å². The molecule has 1 saturated heterocycles. The Morgan fingerprint density at radius 3 is 2.88 bits per heavy atom. The summed E-state index contributed by atoms with van der Waals surface area (Å²) in [6.07, 6.45) is 5.57. The lowest BCUT2D eigenvalue weighted by Crippen LogP contribution is -2.27. The first-order valence-electron chi connectivity index (χ1n) is 11.5.